The van der Waals surface area contributed by atoms with Gasteiger partial charge in [0.25, 0.3) is 0 Å². The number of para-hydroxylation sites is 1. The van der Waals surface area contributed by atoms with Gasteiger partial charge in [0.05, 0.1) is 23.4 Å². The first-order valence-electron chi connectivity index (χ1n) is 12.1. The van der Waals surface area contributed by atoms with Crippen molar-refractivity contribution in [2.75, 3.05) is 11.9 Å². The molecule has 1 aliphatic rings. The summed E-state index contributed by atoms with van der Waals surface area (Å²) < 4.78 is 10.7. The Balaban J connectivity index is 1.44. The van der Waals surface area contributed by atoms with Crippen LogP contribution in [-0.2, 0) is 27.2 Å². The van der Waals surface area contributed by atoms with Crippen molar-refractivity contribution in [3.8, 4) is 5.75 Å². The maximum Gasteiger partial charge on any atom is 0.343 e. The van der Waals surface area contributed by atoms with Gasteiger partial charge < -0.3 is 14.8 Å². The number of anilines is 1. The summed E-state index contributed by atoms with van der Waals surface area (Å²) in [6.07, 6.45) is 2.46. The summed E-state index contributed by atoms with van der Waals surface area (Å²) in [5.41, 5.74) is 5.61. The highest BCUT2D eigenvalue weighted by atomic mass is 32.1. The lowest BCUT2D eigenvalue weighted by Gasteiger charge is -2.10. The minimum absolute atomic E-state index is 0.202. The molecule has 1 aliphatic carbocycles. The lowest BCUT2D eigenvalue weighted by molar-refractivity contribution is -0.136. The number of fused-ring (bicyclic) bond motifs is 1. The van der Waals surface area contributed by atoms with Crippen molar-refractivity contribution in [3.05, 3.63) is 81.2 Å². The molecule has 2 amide bonds. The number of benzene rings is 2. The Morgan fingerprint density at radius 3 is 2.45 bits per heavy atom. The van der Waals surface area contributed by atoms with E-state index < -0.39 is 23.8 Å². The fourth-order valence-corrected chi connectivity index (χ4v) is 5.29. The van der Waals surface area contributed by atoms with Crippen LogP contribution in [-0.4, -0.2) is 36.1 Å². The topological polar surface area (TPSA) is 123 Å². The van der Waals surface area contributed by atoms with E-state index in [2.05, 4.69) is 15.8 Å². The van der Waals surface area contributed by atoms with Gasteiger partial charge in [0.15, 0.2) is 0 Å². The molecule has 0 saturated heterocycles. The molecule has 1 aromatic heterocycles. The standard InChI is InChI=1S/C28H27N3O6S/c1-4-36-28(35)23-20-9-7-11-22(20)38-26(23)29-24(32)25(33)31-30-17(3)19-8-5-6-10-21(19)37-27(34)18-14-12-16(2)13-15-18/h5-6,8,10,12-15H,4,7,9,11H2,1-3H3,(H,29,32)(H,31,33). The van der Waals surface area contributed by atoms with Crippen molar-refractivity contribution in [2.24, 2.45) is 5.10 Å². The van der Waals surface area contributed by atoms with Crippen LogP contribution in [0.2, 0.25) is 0 Å². The van der Waals surface area contributed by atoms with Crippen LogP contribution in [0.1, 0.15) is 62.6 Å². The van der Waals surface area contributed by atoms with Crippen LogP contribution in [0.3, 0.4) is 0 Å². The molecule has 10 heteroatoms. The van der Waals surface area contributed by atoms with E-state index in [0.29, 0.717) is 27.4 Å². The van der Waals surface area contributed by atoms with Crippen LogP contribution < -0.4 is 15.5 Å². The molecular formula is C28H27N3O6S. The highest BCUT2D eigenvalue weighted by molar-refractivity contribution is 7.17. The molecule has 2 aromatic carbocycles. The third-order valence-electron chi connectivity index (χ3n) is 5.93. The first-order chi connectivity index (χ1) is 18.3. The minimum Gasteiger partial charge on any atom is -0.462 e. The Hall–Kier alpha value is -4.31. The van der Waals surface area contributed by atoms with E-state index in [1.54, 1.807) is 50.2 Å². The normalized spacial score (nSPS) is 12.4. The summed E-state index contributed by atoms with van der Waals surface area (Å²) in [4.78, 5) is 51.2. The summed E-state index contributed by atoms with van der Waals surface area (Å²) in [7, 11) is 0. The van der Waals surface area contributed by atoms with Crippen LogP contribution in [0.5, 0.6) is 5.75 Å². The largest absolute Gasteiger partial charge is 0.462 e. The summed E-state index contributed by atoms with van der Waals surface area (Å²) >= 11 is 1.28. The zero-order chi connectivity index (χ0) is 27.2. The van der Waals surface area contributed by atoms with E-state index in [0.717, 1.165) is 35.3 Å². The summed E-state index contributed by atoms with van der Waals surface area (Å²) in [5, 5.41) is 6.85. The number of amides is 2. The van der Waals surface area contributed by atoms with Gasteiger partial charge in [-0.3, -0.25) is 9.59 Å². The van der Waals surface area contributed by atoms with Crippen LogP contribution in [0.25, 0.3) is 0 Å². The number of ether oxygens (including phenoxy) is 2. The molecule has 4 rings (SSSR count). The number of rotatable bonds is 7. The second kappa shape index (κ2) is 11.8. The highest BCUT2D eigenvalue weighted by Crippen LogP contribution is 2.39. The molecule has 196 valence electrons. The summed E-state index contributed by atoms with van der Waals surface area (Å²) in [6, 6.07) is 13.7. The van der Waals surface area contributed by atoms with Crippen LogP contribution in [0, 0.1) is 6.92 Å². The number of nitrogens with zero attached hydrogens (tertiary/aromatic N) is 1. The molecule has 0 fully saturated rings. The van der Waals surface area contributed by atoms with Crippen LogP contribution in [0.4, 0.5) is 5.00 Å². The number of aryl methyl sites for hydroxylation is 2. The van der Waals surface area contributed by atoms with Crippen molar-refractivity contribution >= 4 is 45.8 Å². The van der Waals surface area contributed by atoms with E-state index in [-0.39, 0.29) is 12.4 Å². The Labute approximate surface area is 223 Å². The molecule has 1 heterocycles. The average Bonchev–Trinajstić information content (AvgIpc) is 3.48. The zero-order valence-electron chi connectivity index (χ0n) is 21.3. The molecule has 0 unspecified atom stereocenters. The highest BCUT2D eigenvalue weighted by Gasteiger charge is 2.29. The monoisotopic (exact) mass is 533 g/mol. The summed E-state index contributed by atoms with van der Waals surface area (Å²) in [6.45, 7) is 5.44. The maximum absolute atomic E-state index is 12.6. The number of hydrazone groups is 1. The van der Waals surface area contributed by atoms with E-state index in [9.17, 15) is 19.2 Å². The van der Waals surface area contributed by atoms with E-state index in [4.69, 9.17) is 9.47 Å². The van der Waals surface area contributed by atoms with Crippen LogP contribution in [0.15, 0.2) is 53.6 Å². The quantitative estimate of drug-likeness (QED) is 0.152. The molecule has 0 bridgehead atoms. The van der Waals surface area contributed by atoms with Gasteiger partial charge in [0.2, 0.25) is 0 Å². The fraction of sp³-hybridized carbons (Fsp3) is 0.250. The lowest BCUT2D eigenvalue weighted by atomic mass is 10.1. The smallest absolute Gasteiger partial charge is 0.343 e. The SMILES string of the molecule is CCOC(=O)c1c(NC(=O)C(=O)NN=C(C)c2ccccc2OC(=O)c2ccc(C)cc2)sc2c1CCC2. The molecule has 2 N–H and O–H groups in total. The van der Waals surface area contributed by atoms with Gasteiger partial charge in [0.1, 0.15) is 10.8 Å². The van der Waals surface area contributed by atoms with Crippen molar-refractivity contribution in [1.82, 2.24) is 5.43 Å². The predicted molar refractivity (Wildman–Crippen MR) is 144 cm³/mol. The second-order valence-electron chi connectivity index (χ2n) is 8.63. The van der Waals surface area contributed by atoms with E-state index in [1.165, 1.54) is 11.3 Å². The van der Waals surface area contributed by atoms with E-state index >= 15 is 0 Å². The van der Waals surface area contributed by atoms with Crippen molar-refractivity contribution in [1.29, 1.82) is 0 Å². The van der Waals surface area contributed by atoms with Gasteiger partial charge in [-0.05, 0) is 69.9 Å². The first kappa shape index (κ1) is 26.7. The molecular weight excluding hydrogens is 506 g/mol. The number of esters is 2. The molecule has 0 radical (unpaired) electrons. The van der Waals surface area contributed by atoms with Gasteiger partial charge in [-0.1, -0.05) is 29.8 Å². The van der Waals surface area contributed by atoms with Crippen molar-refractivity contribution < 1.29 is 28.7 Å². The van der Waals surface area contributed by atoms with Crippen molar-refractivity contribution in [3.63, 3.8) is 0 Å². The number of hydrogen-bond donors (Lipinski definition) is 2. The third kappa shape index (κ3) is 5.97. The summed E-state index contributed by atoms with van der Waals surface area (Å²) in [5.74, 6) is -2.78. The number of carbonyl (C=O) groups excluding carboxylic acids is 4. The third-order valence-corrected chi connectivity index (χ3v) is 7.13. The Morgan fingerprint density at radius 2 is 1.71 bits per heavy atom. The number of thiophene rings is 1. The Kier molecular flexibility index (Phi) is 8.32. The second-order valence-corrected chi connectivity index (χ2v) is 9.73. The molecule has 38 heavy (non-hydrogen) atoms. The molecule has 9 nitrogen and oxygen atoms in total. The Bertz CT molecular complexity index is 1420. The Morgan fingerprint density at radius 1 is 0.974 bits per heavy atom. The number of carbonyl (C=O) groups is 4. The number of hydrogen-bond acceptors (Lipinski definition) is 8. The predicted octanol–water partition coefficient (Wildman–Crippen LogP) is 4.42. The molecule has 0 aliphatic heterocycles. The maximum atomic E-state index is 12.6. The molecule has 0 atom stereocenters. The molecule has 0 saturated carbocycles. The molecule has 3 aromatic rings. The zero-order valence-corrected chi connectivity index (χ0v) is 22.1. The van der Waals surface area contributed by atoms with Gasteiger partial charge >= 0.3 is 23.8 Å². The average molecular weight is 534 g/mol. The van der Waals surface area contributed by atoms with E-state index in [1.807, 2.05) is 19.1 Å². The van der Waals surface area contributed by atoms with Crippen molar-refractivity contribution in [2.45, 2.75) is 40.0 Å². The van der Waals surface area contributed by atoms with Gasteiger partial charge in [-0.15, -0.1) is 11.3 Å². The van der Waals surface area contributed by atoms with Crippen LogP contribution >= 0.6 is 11.3 Å². The van der Waals surface area contributed by atoms with Gasteiger partial charge in [0, 0.05) is 10.4 Å². The lowest BCUT2D eigenvalue weighted by Crippen LogP contribution is -2.33. The number of nitrogens with one attached hydrogen (secondary N) is 2. The van der Waals surface area contributed by atoms with Gasteiger partial charge in [-0.25, -0.2) is 15.0 Å². The first-order valence-corrected chi connectivity index (χ1v) is 13.0. The van der Waals surface area contributed by atoms with Gasteiger partial charge in [-0.2, -0.15) is 5.10 Å². The fourth-order valence-electron chi connectivity index (χ4n) is 4.02. The minimum atomic E-state index is -1.01. The molecule has 0 spiro atoms.